The molecule has 0 saturated carbocycles. The molecule has 0 spiro atoms. The van der Waals surface area contributed by atoms with Gasteiger partial charge in [-0.3, -0.25) is 9.59 Å². The molecule has 6 rings (SSSR count). The van der Waals surface area contributed by atoms with E-state index in [1.165, 1.54) is 12.2 Å². The second-order valence-corrected chi connectivity index (χ2v) is 11.0. The first-order chi connectivity index (χ1) is 22.6. The summed E-state index contributed by atoms with van der Waals surface area (Å²) in [7, 11) is 0. The lowest BCUT2D eigenvalue weighted by atomic mass is 9.77. The van der Waals surface area contributed by atoms with Crippen molar-refractivity contribution in [2.75, 3.05) is 0 Å². The molecule has 0 unspecified atom stereocenters. The third kappa shape index (κ3) is 6.01. The van der Waals surface area contributed by atoms with Gasteiger partial charge in [-0.25, -0.2) is 0 Å². The number of hydrogen-bond acceptors (Lipinski definition) is 2. The molecule has 0 heterocycles. The van der Waals surface area contributed by atoms with Crippen molar-refractivity contribution < 1.29 is 9.59 Å². The highest BCUT2D eigenvalue weighted by Gasteiger charge is 2.39. The first kappa shape index (κ1) is 30.0. The van der Waals surface area contributed by atoms with Crippen molar-refractivity contribution in [2.24, 2.45) is 0 Å². The monoisotopic (exact) mass is 598 g/mol. The van der Waals surface area contributed by atoms with E-state index in [9.17, 15) is 9.59 Å². The molecule has 4 nitrogen and oxygen atoms in total. The summed E-state index contributed by atoms with van der Waals surface area (Å²) >= 11 is 0. The molecular weight excluding hydrogens is 564 g/mol. The van der Waals surface area contributed by atoms with Crippen LogP contribution in [0.1, 0.15) is 33.4 Å². The van der Waals surface area contributed by atoms with Crippen LogP contribution in [0.4, 0.5) is 0 Å². The highest BCUT2D eigenvalue weighted by atomic mass is 16.2. The SMILES string of the molecule is O=C(/C=C/C(=O)NC(c1ccccc1)(c1ccccc1)c1ccccc1)NC(c1ccccc1)(c1ccccc1)c1ccccc1. The molecule has 224 valence electrons. The van der Waals surface area contributed by atoms with Gasteiger partial charge in [0.25, 0.3) is 0 Å². The molecule has 2 amide bonds. The molecule has 0 saturated heterocycles. The molecule has 0 aliphatic heterocycles. The largest absolute Gasteiger partial charge is 0.335 e. The zero-order valence-electron chi connectivity index (χ0n) is 25.3. The fourth-order valence-corrected chi connectivity index (χ4v) is 6.17. The Bertz CT molecular complexity index is 1560. The van der Waals surface area contributed by atoms with Crippen LogP contribution in [-0.4, -0.2) is 11.8 Å². The van der Waals surface area contributed by atoms with Crippen LogP contribution < -0.4 is 10.6 Å². The van der Waals surface area contributed by atoms with E-state index in [0.29, 0.717) is 0 Å². The fourth-order valence-electron chi connectivity index (χ4n) is 6.17. The first-order valence-corrected chi connectivity index (χ1v) is 15.3. The number of amides is 2. The lowest BCUT2D eigenvalue weighted by Gasteiger charge is -2.37. The van der Waals surface area contributed by atoms with Crippen LogP contribution in [0, 0.1) is 0 Å². The fraction of sp³-hybridized carbons (Fsp3) is 0.0476. The third-order valence-corrected chi connectivity index (χ3v) is 8.25. The lowest BCUT2D eigenvalue weighted by Crippen LogP contribution is -2.48. The molecule has 0 aliphatic carbocycles. The molecule has 0 aromatic heterocycles. The summed E-state index contributed by atoms with van der Waals surface area (Å²) in [6.07, 6.45) is 2.62. The second kappa shape index (κ2) is 13.7. The van der Waals surface area contributed by atoms with Crippen LogP contribution in [0.3, 0.4) is 0 Å². The standard InChI is InChI=1S/C42H34N2O2/c45-39(43-41(33-19-7-1-8-20-33,34-21-9-2-10-22-34)35-23-11-3-12-24-35)31-32-40(46)44-42(36-25-13-4-14-26-36,37-27-15-5-16-28-37)38-29-17-6-18-30-38/h1-32H,(H,43,45)(H,44,46)/b32-31+. The zero-order chi connectivity index (χ0) is 31.7. The Morgan fingerprint density at radius 3 is 0.674 bits per heavy atom. The maximum Gasteiger partial charge on any atom is 0.245 e. The van der Waals surface area contributed by atoms with Gasteiger partial charge in [-0.15, -0.1) is 0 Å². The number of rotatable bonds is 10. The summed E-state index contributed by atoms with van der Waals surface area (Å²) in [5.41, 5.74) is 3.40. The van der Waals surface area contributed by atoms with E-state index >= 15 is 0 Å². The predicted octanol–water partition coefficient (Wildman–Crippen LogP) is 7.76. The summed E-state index contributed by atoms with van der Waals surface area (Å²) < 4.78 is 0. The number of benzene rings is 6. The van der Waals surface area contributed by atoms with Crippen LogP contribution >= 0.6 is 0 Å². The van der Waals surface area contributed by atoms with E-state index < -0.39 is 22.9 Å². The van der Waals surface area contributed by atoms with Crippen LogP contribution in [0.5, 0.6) is 0 Å². The van der Waals surface area contributed by atoms with Gasteiger partial charge in [0, 0.05) is 12.2 Å². The van der Waals surface area contributed by atoms with Gasteiger partial charge >= 0.3 is 0 Å². The number of carbonyl (C=O) groups excluding carboxylic acids is 2. The molecule has 46 heavy (non-hydrogen) atoms. The maximum atomic E-state index is 13.9. The van der Waals surface area contributed by atoms with Crippen molar-refractivity contribution in [3.63, 3.8) is 0 Å². The molecule has 6 aromatic carbocycles. The van der Waals surface area contributed by atoms with Crippen molar-refractivity contribution in [3.8, 4) is 0 Å². The molecule has 0 fully saturated rings. The van der Waals surface area contributed by atoms with E-state index in [4.69, 9.17) is 0 Å². The average molecular weight is 599 g/mol. The van der Waals surface area contributed by atoms with Crippen LogP contribution in [-0.2, 0) is 20.7 Å². The number of hydrogen-bond donors (Lipinski definition) is 2. The minimum absolute atomic E-state index is 0.406. The summed E-state index contributed by atoms with van der Waals surface area (Å²) in [6.45, 7) is 0. The quantitative estimate of drug-likeness (QED) is 0.125. The van der Waals surface area contributed by atoms with Gasteiger partial charge in [0.05, 0.1) is 0 Å². The van der Waals surface area contributed by atoms with Crippen LogP contribution in [0.2, 0.25) is 0 Å². The molecule has 6 aromatic rings. The Balaban J connectivity index is 1.38. The summed E-state index contributed by atoms with van der Waals surface area (Å²) in [5.74, 6) is -0.812. The topological polar surface area (TPSA) is 58.2 Å². The molecule has 0 radical (unpaired) electrons. The highest BCUT2D eigenvalue weighted by Crippen LogP contribution is 2.38. The molecular formula is C42H34N2O2. The smallest absolute Gasteiger partial charge is 0.245 e. The maximum absolute atomic E-state index is 13.9. The van der Waals surface area contributed by atoms with Gasteiger partial charge in [-0.2, -0.15) is 0 Å². The normalized spacial score (nSPS) is 11.6. The lowest BCUT2D eigenvalue weighted by molar-refractivity contribution is -0.120. The van der Waals surface area contributed by atoms with Crippen LogP contribution in [0.15, 0.2) is 194 Å². The average Bonchev–Trinajstić information content (AvgIpc) is 3.14. The van der Waals surface area contributed by atoms with E-state index in [0.717, 1.165) is 33.4 Å². The third-order valence-electron chi connectivity index (χ3n) is 8.25. The van der Waals surface area contributed by atoms with Crippen LogP contribution in [0.25, 0.3) is 0 Å². The van der Waals surface area contributed by atoms with Crippen molar-refractivity contribution in [1.82, 2.24) is 10.6 Å². The molecule has 0 atom stereocenters. The van der Waals surface area contributed by atoms with Crippen molar-refractivity contribution in [3.05, 3.63) is 228 Å². The highest BCUT2D eigenvalue weighted by molar-refractivity contribution is 5.98. The Morgan fingerprint density at radius 2 is 0.500 bits per heavy atom. The van der Waals surface area contributed by atoms with E-state index in [1.54, 1.807) is 0 Å². The second-order valence-electron chi connectivity index (χ2n) is 11.0. The van der Waals surface area contributed by atoms with E-state index in [1.807, 2.05) is 182 Å². The summed E-state index contributed by atoms with van der Waals surface area (Å²) in [4.78, 5) is 27.8. The van der Waals surface area contributed by atoms with E-state index in [2.05, 4.69) is 10.6 Å². The predicted molar refractivity (Wildman–Crippen MR) is 184 cm³/mol. The van der Waals surface area contributed by atoms with Gasteiger partial charge < -0.3 is 10.6 Å². The molecule has 0 aliphatic rings. The Kier molecular flexibility index (Phi) is 8.98. The Labute approximate surface area is 270 Å². The minimum Gasteiger partial charge on any atom is -0.335 e. The zero-order valence-corrected chi connectivity index (χ0v) is 25.3. The Morgan fingerprint density at radius 1 is 0.326 bits per heavy atom. The van der Waals surface area contributed by atoms with Crippen molar-refractivity contribution in [1.29, 1.82) is 0 Å². The Hall–Kier alpha value is -6.00. The molecule has 0 bridgehead atoms. The van der Waals surface area contributed by atoms with Crippen molar-refractivity contribution in [2.45, 2.75) is 11.1 Å². The summed E-state index contributed by atoms with van der Waals surface area (Å²) in [5, 5.41) is 6.57. The van der Waals surface area contributed by atoms with Gasteiger partial charge in [0.2, 0.25) is 11.8 Å². The minimum atomic E-state index is -0.996. The van der Waals surface area contributed by atoms with Gasteiger partial charge in [-0.1, -0.05) is 182 Å². The molecule has 4 heteroatoms. The first-order valence-electron chi connectivity index (χ1n) is 15.3. The van der Waals surface area contributed by atoms with Gasteiger partial charge in [-0.05, 0) is 33.4 Å². The van der Waals surface area contributed by atoms with Crippen molar-refractivity contribution >= 4 is 11.8 Å². The van der Waals surface area contributed by atoms with Gasteiger partial charge in [0.15, 0.2) is 0 Å². The molecule has 2 N–H and O–H groups in total. The summed E-state index contributed by atoms with van der Waals surface area (Å²) in [6, 6.07) is 59.3. The van der Waals surface area contributed by atoms with Gasteiger partial charge in [0.1, 0.15) is 11.1 Å². The number of nitrogens with one attached hydrogen (secondary N) is 2. The van der Waals surface area contributed by atoms with E-state index in [-0.39, 0.29) is 0 Å². The number of carbonyl (C=O) groups is 2.